The van der Waals surface area contributed by atoms with E-state index in [1.165, 1.54) is 13.0 Å². The van der Waals surface area contributed by atoms with Crippen molar-refractivity contribution < 1.29 is 24.2 Å². The Morgan fingerprint density at radius 3 is 2.47 bits per heavy atom. The van der Waals surface area contributed by atoms with E-state index in [1.807, 2.05) is 0 Å². The number of imide groups is 1. The predicted octanol–water partition coefficient (Wildman–Crippen LogP) is -0.597. The average Bonchev–Trinajstić information content (AvgIpc) is 2.16. The topological polar surface area (TPSA) is 83.9 Å². The monoisotopic (exact) mass is 213 g/mol. The number of amides is 2. The minimum atomic E-state index is -1.07. The van der Waals surface area contributed by atoms with E-state index >= 15 is 0 Å². The van der Waals surface area contributed by atoms with Gasteiger partial charge in [0.15, 0.2) is 0 Å². The molecule has 6 nitrogen and oxygen atoms in total. The Hall–Kier alpha value is -1.69. The average molecular weight is 213 g/mol. The van der Waals surface area contributed by atoms with Crippen LogP contribution in [-0.2, 0) is 19.1 Å². The third-order valence-electron chi connectivity index (χ3n) is 1.97. The minimum Gasteiger partial charge on any atom is -0.478 e. The SMILES string of the molecule is C/C(=C\CN1C(=O)COCC1=O)C(=O)O. The maximum Gasteiger partial charge on any atom is 0.331 e. The van der Waals surface area contributed by atoms with Crippen LogP contribution in [0.4, 0.5) is 0 Å². The molecule has 0 aromatic heterocycles. The Bertz CT molecular complexity index is 317. The summed E-state index contributed by atoms with van der Waals surface area (Å²) in [6.07, 6.45) is 1.32. The van der Waals surface area contributed by atoms with E-state index in [-0.39, 0.29) is 25.3 Å². The van der Waals surface area contributed by atoms with Crippen molar-refractivity contribution in [3.63, 3.8) is 0 Å². The maximum atomic E-state index is 11.2. The van der Waals surface area contributed by atoms with Crippen LogP contribution in [0.25, 0.3) is 0 Å². The molecule has 1 aliphatic heterocycles. The molecular formula is C9H11NO5. The van der Waals surface area contributed by atoms with E-state index < -0.39 is 17.8 Å². The van der Waals surface area contributed by atoms with Crippen molar-refractivity contribution in [2.45, 2.75) is 6.92 Å². The van der Waals surface area contributed by atoms with E-state index in [2.05, 4.69) is 0 Å². The van der Waals surface area contributed by atoms with Gasteiger partial charge in [-0.15, -0.1) is 0 Å². The summed E-state index contributed by atoms with van der Waals surface area (Å²) in [5.74, 6) is -1.95. The largest absolute Gasteiger partial charge is 0.478 e. The van der Waals surface area contributed by atoms with Gasteiger partial charge in [0, 0.05) is 12.1 Å². The van der Waals surface area contributed by atoms with Crippen molar-refractivity contribution in [1.29, 1.82) is 0 Å². The van der Waals surface area contributed by atoms with Crippen LogP contribution >= 0.6 is 0 Å². The van der Waals surface area contributed by atoms with Crippen LogP contribution in [0.5, 0.6) is 0 Å². The van der Waals surface area contributed by atoms with Crippen molar-refractivity contribution in [3.8, 4) is 0 Å². The van der Waals surface area contributed by atoms with Crippen LogP contribution in [0.15, 0.2) is 11.6 Å². The van der Waals surface area contributed by atoms with Crippen LogP contribution < -0.4 is 0 Å². The third-order valence-corrected chi connectivity index (χ3v) is 1.97. The van der Waals surface area contributed by atoms with Gasteiger partial charge in [-0.1, -0.05) is 6.08 Å². The van der Waals surface area contributed by atoms with Crippen molar-refractivity contribution >= 4 is 17.8 Å². The molecule has 1 heterocycles. The number of carboxylic acids is 1. The highest BCUT2D eigenvalue weighted by Gasteiger charge is 2.25. The fraction of sp³-hybridized carbons (Fsp3) is 0.444. The first-order valence-corrected chi connectivity index (χ1v) is 4.33. The molecule has 1 rings (SSSR count). The van der Waals surface area contributed by atoms with Gasteiger partial charge in [0.1, 0.15) is 13.2 Å². The van der Waals surface area contributed by atoms with Gasteiger partial charge >= 0.3 is 5.97 Å². The second-order valence-electron chi connectivity index (χ2n) is 3.08. The second-order valence-corrected chi connectivity index (χ2v) is 3.08. The summed E-state index contributed by atoms with van der Waals surface area (Å²) < 4.78 is 4.70. The molecule has 0 spiro atoms. The summed E-state index contributed by atoms with van der Waals surface area (Å²) in [6, 6.07) is 0. The Morgan fingerprint density at radius 1 is 1.47 bits per heavy atom. The molecular weight excluding hydrogens is 202 g/mol. The number of rotatable bonds is 3. The van der Waals surface area contributed by atoms with Gasteiger partial charge in [0.25, 0.3) is 11.8 Å². The van der Waals surface area contributed by atoms with E-state index in [9.17, 15) is 14.4 Å². The number of hydrogen-bond donors (Lipinski definition) is 1. The molecule has 6 heteroatoms. The van der Waals surface area contributed by atoms with Crippen molar-refractivity contribution in [3.05, 3.63) is 11.6 Å². The van der Waals surface area contributed by atoms with Crippen LogP contribution in [0.3, 0.4) is 0 Å². The lowest BCUT2D eigenvalue weighted by molar-refractivity contribution is -0.157. The number of morpholine rings is 1. The molecule has 0 bridgehead atoms. The number of ether oxygens (including phenoxy) is 1. The van der Waals surface area contributed by atoms with E-state index in [1.54, 1.807) is 0 Å². The van der Waals surface area contributed by atoms with Gasteiger partial charge in [0.2, 0.25) is 0 Å². The Kier molecular flexibility index (Phi) is 3.56. The Labute approximate surface area is 86.1 Å². The molecule has 1 saturated heterocycles. The summed E-state index contributed by atoms with van der Waals surface area (Å²) in [4.78, 5) is 33.8. The minimum absolute atomic E-state index is 0.0147. The normalized spacial score (nSPS) is 18.2. The molecule has 15 heavy (non-hydrogen) atoms. The first kappa shape index (κ1) is 11.4. The Morgan fingerprint density at radius 2 is 2.00 bits per heavy atom. The number of carbonyl (C=O) groups is 3. The maximum absolute atomic E-state index is 11.2. The summed E-state index contributed by atoms with van der Waals surface area (Å²) in [6.45, 7) is 1.12. The fourth-order valence-electron chi connectivity index (χ4n) is 1.04. The second kappa shape index (κ2) is 4.70. The number of aliphatic carboxylic acids is 1. The molecule has 0 saturated carbocycles. The summed E-state index contributed by atoms with van der Waals surface area (Å²) >= 11 is 0. The quantitative estimate of drug-likeness (QED) is 0.500. The molecule has 0 radical (unpaired) electrons. The highest BCUT2D eigenvalue weighted by Crippen LogP contribution is 2.02. The molecule has 0 aliphatic carbocycles. The molecule has 0 atom stereocenters. The number of carbonyl (C=O) groups excluding carboxylic acids is 2. The summed E-state index contributed by atoms with van der Waals surface area (Å²) in [5, 5.41) is 8.56. The van der Waals surface area contributed by atoms with Crippen molar-refractivity contribution in [2.75, 3.05) is 19.8 Å². The lowest BCUT2D eigenvalue weighted by Gasteiger charge is -2.23. The zero-order valence-electron chi connectivity index (χ0n) is 8.23. The third kappa shape index (κ3) is 2.88. The van der Waals surface area contributed by atoms with Gasteiger partial charge in [0.05, 0.1) is 0 Å². The molecule has 1 N–H and O–H groups in total. The van der Waals surface area contributed by atoms with Crippen LogP contribution in [0.1, 0.15) is 6.92 Å². The van der Waals surface area contributed by atoms with Crippen LogP contribution in [-0.4, -0.2) is 47.5 Å². The molecule has 82 valence electrons. The summed E-state index contributed by atoms with van der Waals surface area (Å²) in [7, 11) is 0. The lowest BCUT2D eigenvalue weighted by atomic mass is 10.2. The lowest BCUT2D eigenvalue weighted by Crippen LogP contribution is -2.46. The first-order valence-electron chi connectivity index (χ1n) is 4.33. The first-order chi connectivity index (χ1) is 7.02. The zero-order chi connectivity index (χ0) is 11.4. The summed E-state index contributed by atoms with van der Waals surface area (Å²) in [5.41, 5.74) is 0.0992. The molecule has 1 fully saturated rings. The van der Waals surface area contributed by atoms with Gasteiger partial charge in [-0.05, 0) is 6.92 Å². The molecule has 0 aromatic rings. The van der Waals surface area contributed by atoms with Crippen molar-refractivity contribution in [1.82, 2.24) is 4.90 Å². The van der Waals surface area contributed by atoms with E-state index in [0.29, 0.717) is 0 Å². The van der Waals surface area contributed by atoms with Gasteiger partial charge < -0.3 is 9.84 Å². The molecule has 2 amide bonds. The molecule has 1 aliphatic rings. The number of carboxylic acid groups (broad SMARTS) is 1. The van der Waals surface area contributed by atoms with Crippen molar-refractivity contribution in [2.24, 2.45) is 0 Å². The number of hydrogen-bond acceptors (Lipinski definition) is 4. The van der Waals surface area contributed by atoms with Gasteiger partial charge in [-0.25, -0.2) is 4.79 Å². The fourth-order valence-corrected chi connectivity index (χ4v) is 1.04. The zero-order valence-corrected chi connectivity index (χ0v) is 8.23. The highest BCUT2D eigenvalue weighted by molar-refractivity contribution is 5.98. The smallest absolute Gasteiger partial charge is 0.331 e. The molecule has 0 aromatic carbocycles. The highest BCUT2D eigenvalue weighted by atomic mass is 16.5. The van der Waals surface area contributed by atoms with Crippen LogP contribution in [0, 0.1) is 0 Å². The van der Waals surface area contributed by atoms with E-state index in [0.717, 1.165) is 4.90 Å². The predicted molar refractivity (Wildman–Crippen MR) is 48.9 cm³/mol. The van der Waals surface area contributed by atoms with E-state index in [4.69, 9.17) is 9.84 Å². The molecule has 0 unspecified atom stereocenters. The van der Waals surface area contributed by atoms with Crippen LogP contribution in [0.2, 0.25) is 0 Å². The van der Waals surface area contributed by atoms with Gasteiger partial charge in [-0.2, -0.15) is 0 Å². The Balaban J connectivity index is 2.64. The standard InChI is InChI=1S/C9H11NO5/c1-6(9(13)14)2-3-10-7(11)4-15-5-8(10)12/h2H,3-5H2,1H3,(H,13,14)/b6-2+. The number of nitrogens with zero attached hydrogens (tertiary/aromatic N) is 1. The van der Waals surface area contributed by atoms with Gasteiger partial charge in [-0.3, -0.25) is 14.5 Å².